The van der Waals surface area contributed by atoms with Crippen molar-refractivity contribution < 1.29 is 9.90 Å². The van der Waals surface area contributed by atoms with Crippen LogP contribution in [-0.4, -0.2) is 48.1 Å². The Morgan fingerprint density at radius 1 is 1.04 bits per heavy atom. The van der Waals surface area contributed by atoms with Gasteiger partial charge in [-0.3, -0.25) is 4.79 Å². The fourth-order valence-corrected chi connectivity index (χ4v) is 3.35. The predicted molar refractivity (Wildman–Crippen MR) is 96.7 cm³/mol. The van der Waals surface area contributed by atoms with Gasteiger partial charge in [0.1, 0.15) is 5.75 Å². The first-order valence-corrected chi connectivity index (χ1v) is 7.72. The molecule has 1 saturated carbocycles. The van der Waals surface area contributed by atoms with Crippen LogP contribution in [0.1, 0.15) is 19.3 Å². The summed E-state index contributed by atoms with van der Waals surface area (Å²) in [7, 11) is 0. The monoisotopic (exact) mass is 361 g/mol. The zero-order chi connectivity index (χ0) is 14.8. The van der Waals surface area contributed by atoms with Crippen LogP contribution in [0.2, 0.25) is 0 Å². The van der Waals surface area contributed by atoms with Crippen LogP contribution in [0.3, 0.4) is 0 Å². The van der Waals surface area contributed by atoms with E-state index in [4.69, 9.17) is 5.73 Å². The van der Waals surface area contributed by atoms with Crippen molar-refractivity contribution in [2.24, 2.45) is 11.7 Å². The first kappa shape index (κ1) is 19.9. The lowest BCUT2D eigenvalue weighted by atomic mass is 10.1. The second-order valence-corrected chi connectivity index (χ2v) is 6.10. The summed E-state index contributed by atoms with van der Waals surface area (Å²) in [4.78, 5) is 16.7. The van der Waals surface area contributed by atoms with E-state index in [1.54, 1.807) is 12.1 Å². The topological polar surface area (TPSA) is 69.8 Å². The van der Waals surface area contributed by atoms with Gasteiger partial charge in [0, 0.05) is 43.8 Å². The molecule has 2 fully saturated rings. The van der Waals surface area contributed by atoms with Crippen molar-refractivity contribution in [2.45, 2.75) is 25.3 Å². The van der Waals surface area contributed by atoms with Crippen LogP contribution in [0.15, 0.2) is 24.3 Å². The van der Waals surface area contributed by atoms with Gasteiger partial charge in [-0.25, -0.2) is 0 Å². The van der Waals surface area contributed by atoms with Gasteiger partial charge in [0.15, 0.2) is 0 Å². The van der Waals surface area contributed by atoms with E-state index in [-0.39, 0.29) is 48.4 Å². The van der Waals surface area contributed by atoms with Crippen LogP contribution in [0, 0.1) is 5.92 Å². The number of phenols is 1. The second kappa shape index (κ2) is 8.62. The van der Waals surface area contributed by atoms with Gasteiger partial charge in [-0.2, -0.15) is 0 Å². The number of aromatic hydroxyl groups is 1. The van der Waals surface area contributed by atoms with E-state index in [1.165, 1.54) is 0 Å². The van der Waals surface area contributed by atoms with Gasteiger partial charge in [0.2, 0.25) is 5.91 Å². The molecule has 1 amide bonds. The van der Waals surface area contributed by atoms with E-state index < -0.39 is 0 Å². The average Bonchev–Trinajstić information content (AvgIpc) is 2.94. The molecule has 0 spiro atoms. The number of nitrogens with zero attached hydrogens (tertiary/aromatic N) is 2. The molecule has 2 atom stereocenters. The van der Waals surface area contributed by atoms with Crippen molar-refractivity contribution in [2.75, 3.05) is 31.1 Å². The molecule has 1 heterocycles. The predicted octanol–water partition coefficient (Wildman–Crippen LogP) is 2.01. The minimum Gasteiger partial charge on any atom is -0.508 e. The molecule has 2 aliphatic rings. The Balaban J connectivity index is 0.00000132. The molecule has 5 nitrogen and oxygen atoms in total. The molecule has 0 aromatic heterocycles. The average molecular weight is 362 g/mol. The van der Waals surface area contributed by atoms with E-state index in [0.29, 0.717) is 0 Å². The Morgan fingerprint density at radius 3 is 2.17 bits per heavy atom. The number of hydrogen-bond acceptors (Lipinski definition) is 4. The van der Waals surface area contributed by atoms with E-state index in [0.717, 1.165) is 51.1 Å². The fraction of sp³-hybridized carbons (Fsp3) is 0.562. The molecule has 0 bridgehead atoms. The Kier molecular flexibility index (Phi) is 7.45. The maximum Gasteiger partial charge on any atom is 0.225 e. The number of carbonyl (C=O) groups is 1. The SMILES string of the molecule is Cl.Cl.NC1CCC(C(=O)N2CCN(c3ccc(O)cc3)CC2)C1. The number of phenolic OH excluding ortho intramolecular Hbond substituents is 1. The third-order valence-electron chi connectivity index (χ3n) is 4.63. The molecule has 23 heavy (non-hydrogen) atoms. The van der Waals surface area contributed by atoms with Crippen molar-refractivity contribution in [3.8, 4) is 5.75 Å². The molecule has 3 rings (SSSR count). The lowest BCUT2D eigenvalue weighted by Gasteiger charge is -2.37. The summed E-state index contributed by atoms with van der Waals surface area (Å²) in [6.07, 6.45) is 2.76. The lowest BCUT2D eigenvalue weighted by Crippen LogP contribution is -2.50. The molecule has 2 unspecified atom stereocenters. The number of carbonyl (C=O) groups excluding carboxylic acids is 1. The number of hydrogen-bond donors (Lipinski definition) is 2. The number of amides is 1. The van der Waals surface area contributed by atoms with Crippen molar-refractivity contribution in [3.63, 3.8) is 0 Å². The molecule has 1 saturated heterocycles. The second-order valence-electron chi connectivity index (χ2n) is 6.10. The van der Waals surface area contributed by atoms with Crippen LogP contribution in [-0.2, 0) is 4.79 Å². The summed E-state index contributed by atoms with van der Waals surface area (Å²) < 4.78 is 0. The molecule has 1 aliphatic carbocycles. The zero-order valence-corrected chi connectivity index (χ0v) is 14.7. The largest absolute Gasteiger partial charge is 0.508 e. The van der Waals surface area contributed by atoms with Crippen molar-refractivity contribution in [1.82, 2.24) is 4.90 Å². The Bertz CT molecular complexity index is 505. The first-order valence-electron chi connectivity index (χ1n) is 7.72. The van der Waals surface area contributed by atoms with Gasteiger partial charge in [-0.15, -0.1) is 24.8 Å². The van der Waals surface area contributed by atoms with Crippen LogP contribution in [0.4, 0.5) is 5.69 Å². The van der Waals surface area contributed by atoms with Crippen molar-refractivity contribution >= 4 is 36.4 Å². The maximum atomic E-state index is 12.5. The quantitative estimate of drug-likeness (QED) is 0.845. The number of halogens is 2. The number of piperazine rings is 1. The number of nitrogens with two attached hydrogens (primary N) is 1. The molecular formula is C16H25Cl2N3O2. The molecule has 130 valence electrons. The highest BCUT2D eigenvalue weighted by Crippen LogP contribution is 2.27. The highest BCUT2D eigenvalue weighted by atomic mass is 35.5. The summed E-state index contributed by atoms with van der Waals surface area (Å²) in [5.41, 5.74) is 7.00. The number of rotatable bonds is 2. The Hall–Kier alpha value is -1.17. The Morgan fingerprint density at radius 2 is 1.65 bits per heavy atom. The van der Waals surface area contributed by atoms with Gasteiger partial charge in [0.25, 0.3) is 0 Å². The number of benzene rings is 1. The zero-order valence-electron chi connectivity index (χ0n) is 13.1. The van der Waals surface area contributed by atoms with E-state index >= 15 is 0 Å². The normalized spacial score (nSPS) is 23.9. The van der Waals surface area contributed by atoms with Crippen LogP contribution in [0.5, 0.6) is 5.75 Å². The highest BCUT2D eigenvalue weighted by Gasteiger charge is 2.32. The fourth-order valence-electron chi connectivity index (χ4n) is 3.35. The summed E-state index contributed by atoms with van der Waals surface area (Å²) >= 11 is 0. The van der Waals surface area contributed by atoms with Crippen LogP contribution in [0.25, 0.3) is 0 Å². The molecule has 7 heteroatoms. The van der Waals surface area contributed by atoms with E-state index in [9.17, 15) is 9.90 Å². The molecule has 0 radical (unpaired) electrons. The minimum absolute atomic E-state index is 0. The summed E-state index contributed by atoms with van der Waals surface area (Å²) in [5, 5.41) is 9.33. The van der Waals surface area contributed by atoms with E-state index in [1.807, 2.05) is 17.0 Å². The van der Waals surface area contributed by atoms with Crippen LogP contribution >= 0.6 is 24.8 Å². The molecule has 1 aromatic rings. The standard InChI is InChI=1S/C16H23N3O2.2ClH/c17-13-2-1-12(11-13)16(21)19-9-7-18(8-10-19)14-3-5-15(20)6-4-14;;/h3-6,12-13,20H,1-2,7-11,17H2;2*1H. The third-order valence-corrected chi connectivity index (χ3v) is 4.63. The molecular weight excluding hydrogens is 337 g/mol. The summed E-state index contributed by atoms with van der Waals surface area (Å²) in [6, 6.07) is 7.45. The third kappa shape index (κ3) is 4.66. The smallest absolute Gasteiger partial charge is 0.225 e. The van der Waals surface area contributed by atoms with Gasteiger partial charge < -0.3 is 20.6 Å². The highest BCUT2D eigenvalue weighted by molar-refractivity contribution is 5.85. The van der Waals surface area contributed by atoms with Gasteiger partial charge in [0.05, 0.1) is 0 Å². The molecule has 1 aliphatic heterocycles. The van der Waals surface area contributed by atoms with Crippen LogP contribution < -0.4 is 10.6 Å². The minimum atomic E-state index is 0. The summed E-state index contributed by atoms with van der Waals surface area (Å²) in [5.74, 6) is 0.707. The maximum absolute atomic E-state index is 12.5. The number of anilines is 1. The molecule has 3 N–H and O–H groups in total. The Labute approximate surface area is 149 Å². The van der Waals surface area contributed by atoms with E-state index in [2.05, 4.69) is 4.90 Å². The molecule has 1 aromatic carbocycles. The lowest BCUT2D eigenvalue weighted by molar-refractivity contribution is -0.135. The first-order chi connectivity index (χ1) is 10.1. The summed E-state index contributed by atoms with van der Waals surface area (Å²) in [6.45, 7) is 3.22. The van der Waals surface area contributed by atoms with Gasteiger partial charge >= 0.3 is 0 Å². The van der Waals surface area contributed by atoms with Crippen molar-refractivity contribution in [3.05, 3.63) is 24.3 Å². The van der Waals surface area contributed by atoms with Crippen molar-refractivity contribution in [1.29, 1.82) is 0 Å². The van der Waals surface area contributed by atoms with Gasteiger partial charge in [-0.05, 0) is 43.5 Å². The van der Waals surface area contributed by atoms with Gasteiger partial charge in [-0.1, -0.05) is 0 Å².